The van der Waals surface area contributed by atoms with E-state index in [1.54, 1.807) is 12.1 Å². The lowest BCUT2D eigenvalue weighted by molar-refractivity contribution is -0.139. The number of carbonyl (C=O) groups excluding carboxylic acids is 1. The van der Waals surface area contributed by atoms with E-state index >= 15 is 0 Å². The number of carbonyl (C=O) groups is 1. The van der Waals surface area contributed by atoms with Gasteiger partial charge in [0.05, 0.1) is 11.1 Å². The van der Waals surface area contributed by atoms with Crippen molar-refractivity contribution in [3.05, 3.63) is 77.1 Å². The van der Waals surface area contributed by atoms with Crippen molar-refractivity contribution >= 4 is 16.7 Å². The van der Waals surface area contributed by atoms with E-state index in [0.29, 0.717) is 11.6 Å². The number of halogens is 4. The Balaban J connectivity index is 1.75. The first-order valence-electron chi connectivity index (χ1n) is 9.40. The van der Waals surface area contributed by atoms with Gasteiger partial charge < -0.3 is 4.74 Å². The molecule has 0 fully saturated rings. The highest BCUT2D eigenvalue weighted by Crippen LogP contribution is 2.35. The summed E-state index contributed by atoms with van der Waals surface area (Å²) in [5, 5.41) is 0.0307. The van der Waals surface area contributed by atoms with Gasteiger partial charge in [0.1, 0.15) is 11.6 Å². The SMILES string of the molecule is CCCCCc1ccc(C(=O)Oc2ccc3c(F)c(C(F)(F)F)ccc3c2)cc1. The van der Waals surface area contributed by atoms with E-state index in [-0.39, 0.29) is 16.5 Å². The summed E-state index contributed by atoms with van der Waals surface area (Å²) < 4.78 is 57.9. The van der Waals surface area contributed by atoms with Gasteiger partial charge in [-0.3, -0.25) is 0 Å². The van der Waals surface area contributed by atoms with Crippen LogP contribution in [-0.4, -0.2) is 5.97 Å². The molecule has 0 N–H and O–H groups in total. The topological polar surface area (TPSA) is 26.3 Å². The van der Waals surface area contributed by atoms with Gasteiger partial charge in [0.25, 0.3) is 0 Å². The molecule has 0 aliphatic rings. The summed E-state index contributed by atoms with van der Waals surface area (Å²) in [7, 11) is 0. The van der Waals surface area contributed by atoms with Crippen molar-refractivity contribution < 1.29 is 27.1 Å². The smallest absolute Gasteiger partial charge is 0.419 e. The Hall–Kier alpha value is -2.89. The summed E-state index contributed by atoms with van der Waals surface area (Å²) in [6.45, 7) is 2.13. The molecule has 0 unspecified atom stereocenters. The molecular formula is C23H20F4O2. The quantitative estimate of drug-likeness (QED) is 0.192. The molecule has 3 aromatic rings. The number of hydrogen-bond donors (Lipinski definition) is 0. The zero-order chi connectivity index (χ0) is 21.0. The molecule has 0 aliphatic heterocycles. The van der Waals surface area contributed by atoms with E-state index in [1.165, 1.54) is 18.2 Å². The van der Waals surface area contributed by atoms with Crippen LogP contribution in [0.1, 0.15) is 47.7 Å². The third kappa shape index (κ3) is 4.94. The molecule has 0 saturated carbocycles. The Kier molecular flexibility index (Phi) is 6.20. The molecule has 0 spiro atoms. The molecule has 0 atom stereocenters. The lowest BCUT2D eigenvalue weighted by Crippen LogP contribution is -2.09. The van der Waals surface area contributed by atoms with E-state index in [1.807, 2.05) is 12.1 Å². The van der Waals surface area contributed by atoms with Crippen molar-refractivity contribution in [3.8, 4) is 5.75 Å². The normalized spacial score (nSPS) is 11.6. The molecule has 3 rings (SSSR count). The van der Waals surface area contributed by atoms with Crippen molar-refractivity contribution in [2.45, 2.75) is 38.8 Å². The highest BCUT2D eigenvalue weighted by molar-refractivity contribution is 5.92. The first-order chi connectivity index (χ1) is 13.8. The summed E-state index contributed by atoms with van der Waals surface area (Å²) in [6, 6.07) is 12.8. The fraction of sp³-hybridized carbons (Fsp3) is 0.261. The maximum Gasteiger partial charge on any atom is 0.419 e. The van der Waals surface area contributed by atoms with Gasteiger partial charge in [-0.15, -0.1) is 0 Å². The Morgan fingerprint density at radius 2 is 1.69 bits per heavy atom. The lowest BCUT2D eigenvalue weighted by atomic mass is 10.0. The van der Waals surface area contributed by atoms with E-state index in [2.05, 4.69) is 6.92 Å². The molecule has 2 nitrogen and oxygen atoms in total. The molecule has 0 heterocycles. The van der Waals surface area contributed by atoms with Gasteiger partial charge in [-0.25, -0.2) is 9.18 Å². The number of esters is 1. The zero-order valence-corrected chi connectivity index (χ0v) is 15.9. The first-order valence-corrected chi connectivity index (χ1v) is 9.40. The van der Waals surface area contributed by atoms with Gasteiger partial charge >= 0.3 is 12.1 Å². The van der Waals surface area contributed by atoms with Crippen LogP contribution in [0, 0.1) is 5.82 Å². The molecule has 29 heavy (non-hydrogen) atoms. The first kappa shape index (κ1) is 20.8. The van der Waals surface area contributed by atoms with Crippen molar-refractivity contribution in [2.24, 2.45) is 0 Å². The third-order valence-corrected chi connectivity index (χ3v) is 4.70. The second-order valence-electron chi connectivity index (χ2n) is 6.85. The number of unbranched alkanes of at least 4 members (excludes halogenated alkanes) is 2. The molecular weight excluding hydrogens is 384 g/mol. The van der Waals surface area contributed by atoms with Crippen LogP contribution in [0.3, 0.4) is 0 Å². The molecule has 0 aromatic heterocycles. The van der Waals surface area contributed by atoms with Crippen molar-refractivity contribution in [1.29, 1.82) is 0 Å². The van der Waals surface area contributed by atoms with Crippen LogP contribution in [-0.2, 0) is 12.6 Å². The molecule has 0 radical (unpaired) electrons. The fourth-order valence-corrected chi connectivity index (χ4v) is 3.10. The predicted molar refractivity (Wildman–Crippen MR) is 104 cm³/mol. The predicted octanol–water partition coefficient (Wildman–Crippen LogP) is 6.95. The summed E-state index contributed by atoms with van der Waals surface area (Å²) in [4.78, 5) is 12.3. The molecule has 6 heteroatoms. The minimum Gasteiger partial charge on any atom is -0.423 e. The molecule has 0 amide bonds. The maximum absolute atomic E-state index is 14.1. The summed E-state index contributed by atoms with van der Waals surface area (Å²) >= 11 is 0. The minimum atomic E-state index is -4.77. The standard InChI is InChI=1S/C23H20F4O2/c1-2-3-4-5-15-6-8-16(9-7-15)22(28)29-18-11-12-19-17(14-18)10-13-20(21(19)24)23(25,26)27/h6-14H,2-5H2,1H3. The van der Waals surface area contributed by atoms with E-state index in [4.69, 9.17) is 4.74 Å². The van der Waals surface area contributed by atoms with E-state index in [0.717, 1.165) is 37.3 Å². The summed E-state index contributed by atoms with van der Waals surface area (Å²) in [5.41, 5.74) is 0.174. The molecule has 3 aromatic carbocycles. The van der Waals surface area contributed by atoms with Crippen molar-refractivity contribution in [3.63, 3.8) is 0 Å². The van der Waals surface area contributed by atoms with Crippen molar-refractivity contribution in [2.75, 3.05) is 0 Å². The number of fused-ring (bicyclic) bond motifs is 1. The van der Waals surface area contributed by atoms with Gasteiger partial charge in [-0.2, -0.15) is 13.2 Å². The van der Waals surface area contributed by atoms with Crippen LogP contribution in [0.4, 0.5) is 17.6 Å². The van der Waals surface area contributed by atoms with Crippen LogP contribution < -0.4 is 4.74 Å². The number of alkyl halides is 3. The Bertz CT molecular complexity index is 1010. The van der Waals surface area contributed by atoms with Gasteiger partial charge in [0, 0.05) is 5.39 Å². The number of rotatable bonds is 6. The van der Waals surface area contributed by atoms with Crippen LogP contribution in [0.5, 0.6) is 5.75 Å². The Morgan fingerprint density at radius 3 is 2.34 bits per heavy atom. The monoisotopic (exact) mass is 404 g/mol. The van der Waals surface area contributed by atoms with Crippen LogP contribution in [0.15, 0.2) is 54.6 Å². The van der Waals surface area contributed by atoms with Crippen LogP contribution >= 0.6 is 0 Å². The van der Waals surface area contributed by atoms with Crippen LogP contribution in [0.25, 0.3) is 10.8 Å². The van der Waals surface area contributed by atoms with Crippen LogP contribution in [0.2, 0.25) is 0 Å². The summed E-state index contributed by atoms with van der Waals surface area (Å²) in [6.07, 6.45) is -0.455. The Morgan fingerprint density at radius 1 is 0.966 bits per heavy atom. The number of benzene rings is 3. The molecule has 0 saturated heterocycles. The molecule has 0 aliphatic carbocycles. The number of ether oxygens (including phenoxy) is 1. The molecule has 0 bridgehead atoms. The fourth-order valence-electron chi connectivity index (χ4n) is 3.10. The van der Waals surface area contributed by atoms with Gasteiger partial charge in [0.15, 0.2) is 0 Å². The molecule has 152 valence electrons. The minimum absolute atomic E-state index is 0.133. The van der Waals surface area contributed by atoms with E-state index in [9.17, 15) is 22.4 Å². The lowest BCUT2D eigenvalue weighted by Gasteiger charge is -2.11. The third-order valence-electron chi connectivity index (χ3n) is 4.70. The second-order valence-corrected chi connectivity index (χ2v) is 6.85. The van der Waals surface area contributed by atoms with Gasteiger partial charge in [-0.1, -0.05) is 38.0 Å². The average molecular weight is 404 g/mol. The highest BCUT2D eigenvalue weighted by atomic mass is 19.4. The number of hydrogen-bond acceptors (Lipinski definition) is 2. The Labute approximate surface area is 166 Å². The largest absolute Gasteiger partial charge is 0.423 e. The average Bonchev–Trinajstić information content (AvgIpc) is 2.68. The van der Waals surface area contributed by atoms with Gasteiger partial charge in [0.2, 0.25) is 0 Å². The van der Waals surface area contributed by atoms with Gasteiger partial charge in [-0.05, 0) is 60.2 Å². The number of aryl methyl sites for hydroxylation is 1. The second kappa shape index (κ2) is 8.64. The zero-order valence-electron chi connectivity index (χ0n) is 15.9. The van der Waals surface area contributed by atoms with Crippen molar-refractivity contribution in [1.82, 2.24) is 0 Å². The maximum atomic E-state index is 14.1. The summed E-state index contributed by atoms with van der Waals surface area (Å²) in [5.74, 6) is -1.79. The van der Waals surface area contributed by atoms with E-state index < -0.39 is 23.5 Å². The highest BCUT2D eigenvalue weighted by Gasteiger charge is 2.34.